The lowest BCUT2D eigenvalue weighted by molar-refractivity contribution is 0.142. The molecule has 0 bridgehead atoms. The van der Waals surface area contributed by atoms with Gasteiger partial charge in [0.2, 0.25) is 5.75 Å². The predicted molar refractivity (Wildman–Crippen MR) is 127 cm³/mol. The molecule has 1 fully saturated rings. The average Bonchev–Trinajstić information content (AvgIpc) is 2.78. The number of hydrogen-bond acceptors (Lipinski definition) is 5. The van der Waals surface area contributed by atoms with Crippen LogP contribution in [0.1, 0.15) is 31.9 Å². The zero-order valence-corrected chi connectivity index (χ0v) is 20.0. The van der Waals surface area contributed by atoms with Gasteiger partial charge in [0, 0.05) is 44.0 Å². The van der Waals surface area contributed by atoms with Crippen LogP contribution in [0.5, 0.6) is 17.2 Å². The SMILES string of the molecule is COc1ccc(CN2CCN(C(=O)Nc3ccccc3C(C)(C)C)CC2)c(OC)c1OC. The highest BCUT2D eigenvalue weighted by Gasteiger charge is 2.25. The number of nitrogens with zero attached hydrogens (tertiary/aromatic N) is 2. The summed E-state index contributed by atoms with van der Waals surface area (Å²) in [6, 6.07) is 11.9. The number of hydrogen-bond donors (Lipinski definition) is 1. The largest absolute Gasteiger partial charge is 0.493 e. The maximum Gasteiger partial charge on any atom is 0.321 e. The fraction of sp³-hybridized carbons (Fsp3) is 0.480. The summed E-state index contributed by atoms with van der Waals surface area (Å²) in [4.78, 5) is 17.1. The molecule has 0 aromatic heterocycles. The van der Waals surface area contributed by atoms with Crippen molar-refractivity contribution in [2.45, 2.75) is 32.7 Å². The second-order valence-electron chi connectivity index (χ2n) is 8.98. The van der Waals surface area contributed by atoms with Gasteiger partial charge < -0.3 is 24.4 Å². The van der Waals surface area contributed by atoms with Gasteiger partial charge in [-0.2, -0.15) is 0 Å². The second-order valence-corrected chi connectivity index (χ2v) is 8.98. The van der Waals surface area contributed by atoms with Crippen molar-refractivity contribution in [3.05, 3.63) is 47.5 Å². The molecular weight excluding hydrogens is 406 g/mol. The molecule has 2 amide bonds. The van der Waals surface area contributed by atoms with Gasteiger partial charge >= 0.3 is 6.03 Å². The van der Waals surface area contributed by atoms with Crippen molar-refractivity contribution in [1.29, 1.82) is 0 Å². The number of anilines is 1. The molecule has 1 aliphatic heterocycles. The molecule has 0 aliphatic carbocycles. The molecule has 0 atom stereocenters. The summed E-state index contributed by atoms with van der Waals surface area (Å²) >= 11 is 0. The number of amides is 2. The summed E-state index contributed by atoms with van der Waals surface area (Å²) in [6.07, 6.45) is 0. The number of rotatable bonds is 6. The number of piperazine rings is 1. The fourth-order valence-electron chi connectivity index (χ4n) is 4.08. The van der Waals surface area contributed by atoms with Gasteiger partial charge in [-0.1, -0.05) is 45.0 Å². The molecular formula is C25H35N3O4. The number of para-hydroxylation sites is 1. The standard InChI is InChI=1S/C25H35N3O4/c1-25(2,3)19-9-7-8-10-20(19)26-24(29)28-15-13-27(14-16-28)17-18-11-12-21(30-4)23(32-6)22(18)31-5/h7-12H,13-17H2,1-6H3,(H,26,29). The maximum atomic E-state index is 12.9. The highest BCUT2D eigenvalue weighted by atomic mass is 16.5. The highest BCUT2D eigenvalue weighted by Crippen LogP contribution is 2.40. The van der Waals surface area contributed by atoms with Crippen molar-refractivity contribution in [3.8, 4) is 17.2 Å². The van der Waals surface area contributed by atoms with Crippen molar-refractivity contribution >= 4 is 11.7 Å². The molecule has 0 unspecified atom stereocenters. The molecule has 7 heteroatoms. The predicted octanol–water partition coefficient (Wildman–Crippen LogP) is 4.36. The maximum absolute atomic E-state index is 12.9. The third-order valence-corrected chi connectivity index (χ3v) is 5.82. The molecule has 3 rings (SSSR count). The molecule has 2 aromatic carbocycles. The molecule has 7 nitrogen and oxygen atoms in total. The van der Waals surface area contributed by atoms with Crippen LogP contribution in [0.3, 0.4) is 0 Å². The fourth-order valence-corrected chi connectivity index (χ4v) is 4.08. The van der Waals surface area contributed by atoms with E-state index in [9.17, 15) is 4.79 Å². The molecule has 1 N–H and O–H groups in total. The van der Waals surface area contributed by atoms with Gasteiger partial charge in [0.05, 0.1) is 21.3 Å². The van der Waals surface area contributed by atoms with E-state index in [0.717, 1.165) is 29.9 Å². The number of benzene rings is 2. The Morgan fingerprint density at radius 1 is 0.906 bits per heavy atom. The Kier molecular flexibility index (Phi) is 7.51. The lowest BCUT2D eigenvalue weighted by Crippen LogP contribution is -2.49. The van der Waals surface area contributed by atoms with Gasteiger partial charge in [0.15, 0.2) is 11.5 Å². The van der Waals surface area contributed by atoms with E-state index in [0.29, 0.717) is 36.9 Å². The molecule has 1 saturated heterocycles. The third-order valence-electron chi connectivity index (χ3n) is 5.82. The molecule has 0 radical (unpaired) electrons. The smallest absolute Gasteiger partial charge is 0.321 e. The van der Waals surface area contributed by atoms with Crippen LogP contribution < -0.4 is 19.5 Å². The van der Waals surface area contributed by atoms with Gasteiger partial charge in [-0.3, -0.25) is 4.90 Å². The Labute approximate surface area is 191 Å². The van der Waals surface area contributed by atoms with Crippen LogP contribution in [0.2, 0.25) is 0 Å². The van der Waals surface area contributed by atoms with Crippen LogP contribution in [0.15, 0.2) is 36.4 Å². The monoisotopic (exact) mass is 441 g/mol. The van der Waals surface area contributed by atoms with E-state index in [1.54, 1.807) is 21.3 Å². The number of methoxy groups -OCH3 is 3. The van der Waals surface area contributed by atoms with Crippen LogP contribution in [0.4, 0.5) is 10.5 Å². The van der Waals surface area contributed by atoms with E-state index in [2.05, 4.69) is 37.1 Å². The number of carbonyl (C=O) groups excluding carboxylic acids is 1. The van der Waals surface area contributed by atoms with Crippen LogP contribution in [-0.4, -0.2) is 63.3 Å². The minimum atomic E-state index is -0.0509. The summed E-state index contributed by atoms with van der Waals surface area (Å²) in [5.74, 6) is 1.93. The first-order valence-corrected chi connectivity index (χ1v) is 10.9. The van der Waals surface area contributed by atoms with Gasteiger partial charge in [-0.15, -0.1) is 0 Å². The van der Waals surface area contributed by atoms with E-state index in [1.165, 1.54) is 0 Å². The van der Waals surface area contributed by atoms with E-state index in [4.69, 9.17) is 14.2 Å². The minimum Gasteiger partial charge on any atom is -0.493 e. The molecule has 0 saturated carbocycles. The lowest BCUT2D eigenvalue weighted by atomic mass is 9.86. The zero-order chi connectivity index (χ0) is 23.3. The van der Waals surface area contributed by atoms with Crippen LogP contribution in [0, 0.1) is 0 Å². The number of carbonyl (C=O) groups is 1. The minimum absolute atomic E-state index is 0.0406. The Morgan fingerprint density at radius 2 is 1.56 bits per heavy atom. The van der Waals surface area contributed by atoms with Crippen molar-refractivity contribution < 1.29 is 19.0 Å². The summed E-state index contributed by atoms with van der Waals surface area (Å²) in [6.45, 7) is 10.1. The average molecular weight is 442 g/mol. The van der Waals surface area contributed by atoms with Crippen molar-refractivity contribution in [2.24, 2.45) is 0 Å². The van der Waals surface area contributed by atoms with Gasteiger partial charge in [-0.25, -0.2) is 4.79 Å². The van der Waals surface area contributed by atoms with E-state index in [-0.39, 0.29) is 11.4 Å². The Morgan fingerprint density at radius 3 is 2.16 bits per heavy atom. The van der Waals surface area contributed by atoms with Crippen LogP contribution in [0.25, 0.3) is 0 Å². The quantitative estimate of drug-likeness (QED) is 0.722. The first-order valence-electron chi connectivity index (χ1n) is 10.9. The topological polar surface area (TPSA) is 63.3 Å². The summed E-state index contributed by atoms with van der Waals surface area (Å²) in [5.41, 5.74) is 3.00. The Bertz CT molecular complexity index is 931. The summed E-state index contributed by atoms with van der Waals surface area (Å²) < 4.78 is 16.5. The van der Waals surface area contributed by atoms with Gasteiger partial charge in [0.1, 0.15) is 0 Å². The third kappa shape index (κ3) is 5.27. The first-order chi connectivity index (χ1) is 15.3. The van der Waals surface area contributed by atoms with E-state index < -0.39 is 0 Å². The summed E-state index contributed by atoms with van der Waals surface area (Å²) in [5, 5.41) is 3.12. The van der Waals surface area contributed by atoms with Crippen molar-refractivity contribution in [2.75, 3.05) is 52.8 Å². The van der Waals surface area contributed by atoms with Gasteiger partial charge in [-0.05, 0) is 23.1 Å². The molecule has 1 heterocycles. The van der Waals surface area contributed by atoms with Crippen molar-refractivity contribution in [1.82, 2.24) is 9.80 Å². The van der Waals surface area contributed by atoms with Gasteiger partial charge in [0.25, 0.3) is 0 Å². The van der Waals surface area contributed by atoms with Crippen LogP contribution >= 0.6 is 0 Å². The second kappa shape index (κ2) is 10.1. The number of ether oxygens (including phenoxy) is 3. The first kappa shape index (κ1) is 23.7. The molecule has 32 heavy (non-hydrogen) atoms. The molecule has 174 valence electrons. The van der Waals surface area contributed by atoms with E-state index in [1.807, 2.05) is 35.2 Å². The van der Waals surface area contributed by atoms with Crippen LogP contribution in [-0.2, 0) is 12.0 Å². The Balaban J connectivity index is 1.62. The molecule has 0 spiro atoms. The summed E-state index contributed by atoms with van der Waals surface area (Å²) in [7, 11) is 4.86. The van der Waals surface area contributed by atoms with E-state index >= 15 is 0 Å². The lowest BCUT2D eigenvalue weighted by Gasteiger charge is -2.35. The number of urea groups is 1. The zero-order valence-electron chi connectivity index (χ0n) is 20.0. The number of nitrogens with one attached hydrogen (secondary N) is 1. The van der Waals surface area contributed by atoms with Crippen molar-refractivity contribution in [3.63, 3.8) is 0 Å². The highest BCUT2D eigenvalue weighted by molar-refractivity contribution is 5.90. The molecule has 1 aliphatic rings. The Hall–Kier alpha value is -2.93. The molecule has 2 aromatic rings. The normalized spacial score (nSPS) is 14.8.